The number of carbonyl (C=O) groups excluding carboxylic acids is 1. The number of rotatable bonds is 4. The largest absolute Gasteiger partial charge is 0.443 e. The van der Waals surface area contributed by atoms with Gasteiger partial charge in [-0.3, -0.25) is 0 Å². The van der Waals surface area contributed by atoms with Crippen LogP contribution < -0.4 is 5.73 Å². The minimum absolute atomic E-state index is 0.0752. The van der Waals surface area contributed by atoms with Crippen molar-refractivity contribution in [3.05, 3.63) is 34.9 Å². The van der Waals surface area contributed by atoms with Gasteiger partial charge in [-0.2, -0.15) is 0 Å². The molecule has 1 aromatic rings. The molecule has 17 heavy (non-hydrogen) atoms. The second kappa shape index (κ2) is 5.89. The fourth-order valence-electron chi connectivity index (χ4n) is 1.59. The number of ether oxygens (including phenoxy) is 1. The molecule has 0 saturated carbocycles. The van der Waals surface area contributed by atoms with Crippen molar-refractivity contribution in [1.29, 1.82) is 0 Å². The van der Waals surface area contributed by atoms with E-state index in [-0.39, 0.29) is 5.92 Å². The standard InChI is InChI=1S/C12H16ClNO3/c1-7(2)11(17-12(14)16)10(15)8-5-3-4-6-9(8)13/h3-7,10-11,15H,1-2H3,(H2,14,16)/t10-,11-/m1/s1. The average molecular weight is 258 g/mol. The number of amides is 1. The molecule has 5 heteroatoms. The Morgan fingerprint density at radius 3 is 2.47 bits per heavy atom. The average Bonchev–Trinajstić information content (AvgIpc) is 2.25. The Labute approximate surface area is 105 Å². The highest BCUT2D eigenvalue weighted by Gasteiger charge is 2.28. The summed E-state index contributed by atoms with van der Waals surface area (Å²) in [5.74, 6) is -0.0752. The van der Waals surface area contributed by atoms with E-state index in [9.17, 15) is 9.90 Å². The monoisotopic (exact) mass is 257 g/mol. The number of carbonyl (C=O) groups is 1. The van der Waals surface area contributed by atoms with E-state index < -0.39 is 18.3 Å². The van der Waals surface area contributed by atoms with Gasteiger partial charge >= 0.3 is 6.09 Å². The minimum Gasteiger partial charge on any atom is -0.443 e. The minimum atomic E-state index is -0.990. The Morgan fingerprint density at radius 2 is 2.00 bits per heavy atom. The molecule has 0 saturated heterocycles. The van der Waals surface area contributed by atoms with Crippen LogP contribution in [0.25, 0.3) is 0 Å². The molecule has 0 aliphatic heterocycles. The van der Waals surface area contributed by atoms with Crippen LogP contribution in [0.3, 0.4) is 0 Å². The molecule has 0 aliphatic rings. The summed E-state index contributed by atoms with van der Waals surface area (Å²) in [7, 11) is 0. The highest BCUT2D eigenvalue weighted by atomic mass is 35.5. The van der Waals surface area contributed by atoms with Crippen LogP contribution in [-0.4, -0.2) is 17.3 Å². The number of nitrogens with two attached hydrogens (primary N) is 1. The van der Waals surface area contributed by atoms with Crippen LogP contribution in [0.15, 0.2) is 24.3 Å². The number of benzene rings is 1. The number of aliphatic hydroxyl groups excluding tert-OH is 1. The van der Waals surface area contributed by atoms with E-state index in [0.29, 0.717) is 10.6 Å². The predicted molar refractivity (Wildman–Crippen MR) is 65.7 cm³/mol. The van der Waals surface area contributed by atoms with E-state index in [1.54, 1.807) is 24.3 Å². The lowest BCUT2D eigenvalue weighted by Crippen LogP contribution is -2.32. The summed E-state index contributed by atoms with van der Waals surface area (Å²) in [5, 5.41) is 10.6. The van der Waals surface area contributed by atoms with Crippen molar-refractivity contribution in [2.45, 2.75) is 26.1 Å². The maximum absolute atomic E-state index is 10.8. The molecule has 0 aliphatic carbocycles. The van der Waals surface area contributed by atoms with Gasteiger partial charge in [-0.15, -0.1) is 0 Å². The van der Waals surface area contributed by atoms with E-state index in [0.717, 1.165) is 0 Å². The highest BCUT2D eigenvalue weighted by Crippen LogP contribution is 2.29. The zero-order valence-electron chi connectivity index (χ0n) is 9.76. The van der Waals surface area contributed by atoms with Crippen LogP contribution in [0.4, 0.5) is 4.79 Å². The van der Waals surface area contributed by atoms with E-state index in [4.69, 9.17) is 22.1 Å². The first-order chi connectivity index (χ1) is 7.93. The summed E-state index contributed by atoms with van der Waals surface area (Å²) in [6, 6.07) is 6.87. The van der Waals surface area contributed by atoms with Crippen LogP contribution in [0.5, 0.6) is 0 Å². The van der Waals surface area contributed by atoms with Gasteiger partial charge in [0.15, 0.2) is 0 Å². The second-order valence-corrected chi connectivity index (χ2v) is 4.52. The summed E-state index contributed by atoms with van der Waals surface area (Å²) in [6.45, 7) is 3.65. The Hall–Kier alpha value is -1.26. The smallest absolute Gasteiger partial charge is 0.404 e. The zero-order valence-corrected chi connectivity index (χ0v) is 10.5. The maximum atomic E-state index is 10.8. The number of aliphatic hydroxyl groups is 1. The lowest BCUT2D eigenvalue weighted by Gasteiger charge is -2.26. The molecule has 0 bridgehead atoms. The fraction of sp³-hybridized carbons (Fsp3) is 0.417. The lowest BCUT2D eigenvalue weighted by atomic mass is 9.96. The van der Waals surface area contributed by atoms with Crippen molar-refractivity contribution >= 4 is 17.7 Å². The summed E-state index contributed by atoms with van der Waals surface area (Å²) in [5.41, 5.74) is 5.50. The topological polar surface area (TPSA) is 72.5 Å². The van der Waals surface area contributed by atoms with Crippen LogP contribution >= 0.6 is 11.6 Å². The SMILES string of the molecule is CC(C)[C@@H](OC(N)=O)[C@H](O)c1ccccc1Cl. The molecule has 1 amide bonds. The van der Waals surface area contributed by atoms with Gasteiger partial charge in [-0.05, 0) is 12.0 Å². The third kappa shape index (κ3) is 3.61. The van der Waals surface area contributed by atoms with E-state index in [2.05, 4.69) is 0 Å². The molecule has 0 aromatic heterocycles. The van der Waals surface area contributed by atoms with Gasteiger partial charge in [0.2, 0.25) is 0 Å². The molecule has 3 N–H and O–H groups in total. The molecule has 2 atom stereocenters. The molecule has 0 spiro atoms. The number of primary amides is 1. The Bertz CT molecular complexity index is 395. The molecule has 0 heterocycles. The third-order valence-corrected chi connectivity index (χ3v) is 2.79. The number of hydrogen-bond acceptors (Lipinski definition) is 3. The van der Waals surface area contributed by atoms with Crippen LogP contribution in [0.2, 0.25) is 5.02 Å². The molecule has 0 radical (unpaired) electrons. The van der Waals surface area contributed by atoms with Crippen molar-refractivity contribution in [3.8, 4) is 0 Å². The van der Waals surface area contributed by atoms with E-state index >= 15 is 0 Å². The van der Waals surface area contributed by atoms with Crippen LogP contribution in [0.1, 0.15) is 25.5 Å². The quantitative estimate of drug-likeness (QED) is 0.870. The van der Waals surface area contributed by atoms with Crippen molar-refractivity contribution in [1.82, 2.24) is 0 Å². The first kappa shape index (κ1) is 13.8. The van der Waals surface area contributed by atoms with Gasteiger partial charge in [-0.25, -0.2) is 4.79 Å². The van der Waals surface area contributed by atoms with Gasteiger partial charge in [0.05, 0.1) is 0 Å². The van der Waals surface area contributed by atoms with Crippen molar-refractivity contribution < 1.29 is 14.6 Å². The van der Waals surface area contributed by atoms with Gasteiger partial charge in [-0.1, -0.05) is 43.6 Å². The zero-order chi connectivity index (χ0) is 13.0. The van der Waals surface area contributed by atoms with Gasteiger partial charge in [0.25, 0.3) is 0 Å². The summed E-state index contributed by atoms with van der Waals surface area (Å²) >= 11 is 5.97. The first-order valence-corrected chi connectivity index (χ1v) is 5.70. The number of hydrogen-bond donors (Lipinski definition) is 2. The molecular weight excluding hydrogens is 242 g/mol. The fourth-order valence-corrected chi connectivity index (χ4v) is 1.84. The first-order valence-electron chi connectivity index (χ1n) is 5.32. The van der Waals surface area contributed by atoms with Crippen molar-refractivity contribution in [3.63, 3.8) is 0 Å². The Balaban J connectivity index is 2.95. The van der Waals surface area contributed by atoms with Crippen LogP contribution in [0, 0.1) is 5.92 Å². The lowest BCUT2D eigenvalue weighted by molar-refractivity contribution is -0.0196. The van der Waals surface area contributed by atoms with Gasteiger partial charge < -0.3 is 15.6 Å². The molecule has 1 aromatic carbocycles. The Kier molecular flexibility index (Phi) is 4.78. The molecule has 4 nitrogen and oxygen atoms in total. The van der Waals surface area contributed by atoms with Gasteiger partial charge in [0.1, 0.15) is 12.2 Å². The molecule has 0 unspecified atom stereocenters. The molecule has 1 rings (SSSR count). The molecular formula is C12H16ClNO3. The van der Waals surface area contributed by atoms with Crippen molar-refractivity contribution in [2.75, 3.05) is 0 Å². The normalized spacial score (nSPS) is 14.4. The summed E-state index contributed by atoms with van der Waals surface area (Å²) < 4.78 is 4.91. The highest BCUT2D eigenvalue weighted by molar-refractivity contribution is 6.31. The Morgan fingerprint density at radius 1 is 1.41 bits per heavy atom. The second-order valence-electron chi connectivity index (χ2n) is 4.11. The van der Waals surface area contributed by atoms with Gasteiger partial charge in [0, 0.05) is 10.6 Å². The maximum Gasteiger partial charge on any atom is 0.404 e. The van der Waals surface area contributed by atoms with E-state index in [1.165, 1.54) is 0 Å². The molecule has 94 valence electrons. The number of halogens is 1. The predicted octanol–water partition coefficient (Wildman–Crippen LogP) is 2.49. The molecule has 0 fully saturated rings. The van der Waals surface area contributed by atoms with Crippen molar-refractivity contribution in [2.24, 2.45) is 11.7 Å². The van der Waals surface area contributed by atoms with Crippen LogP contribution in [-0.2, 0) is 4.74 Å². The summed E-state index contributed by atoms with van der Waals surface area (Å²) in [4.78, 5) is 10.8. The van der Waals surface area contributed by atoms with E-state index in [1.807, 2.05) is 13.8 Å². The third-order valence-electron chi connectivity index (χ3n) is 2.44. The summed E-state index contributed by atoms with van der Waals surface area (Å²) in [6.07, 6.45) is -2.61.